The third-order valence-corrected chi connectivity index (χ3v) is 3.38. The Labute approximate surface area is 97.4 Å². The topological polar surface area (TPSA) is 91.9 Å². The van der Waals surface area contributed by atoms with Crippen molar-refractivity contribution >= 4 is 15.7 Å². The minimum Gasteiger partial charge on any atom is -0.328 e. The van der Waals surface area contributed by atoms with Crippen LogP contribution in [0.25, 0.3) is 0 Å². The molecule has 0 aliphatic rings. The van der Waals surface area contributed by atoms with Crippen LogP contribution in [0.15, 0.2) is 52.5 Å². The summed E-state index contributed by atoms with van der Waals surface area (Å²) in [7, 11) is -3.68. The normalized spacial score (nSPS) is 11.1. The lowest BCUT2D eigenvalue weighted by molar-refractivity contribution is 0.600. The maximum atomic E-state index is 11.9. The van der Waals surface area contributed by atoms with Gasteiger partial charge in [0.2, 0.25) is 5.56 Å². The number of rotatable bonds is 3. The molecule has 0 bridgehead atoms. The maximum absolute atomic E-state index is 11.9. The molecule has 0 saturated heterocycles. The molecule has 0 fully saturated rings. The SMILES string of the molecule is O=c1ccc(S(=O)(=O)Nc2ccncc2)c[nH]1. The Morgan fingerprint density at radius 2 is 1.82 bits per heavy atom. The Kier molecular flexibility index (Phi) is 2.92. The van der Waals surface area contributed by atoms with Crippen LogP contribution in [0.4, 0.5) is 5.69 Å². The average molecular weight is 251 g/mol. The summed E-state index contributed by atoms with van der Waals surface area (Å²) in [6, 6.07) is 5.45. The van der Waals surface area contributed by atoms with Crippen molar-refractivity contribution in [1.82, 2.24) is 9.97 Å². The Bertz CT molecular complexity index is 644. The van der Waals surface area contributed by atoms with Crippen LogP contribution < -0.4 is 10.3 Å². The third kappa shape index (κ3) is 2.70. The van der Waals surface area contributed by atoms with Crippen LogP contribution in [0.2, 0.25) is 0 Å². The minimum atomic E-state index is -3.68. The highest BCUT2D eigenvalue weighted by Crippen LogP contribution is 2.12. The van der Waals surface area contributed by atoms with Gasteiger partial charge >= 0.3 is 0 Å². The number of sulfonamides is 1. The zero-order valence-corrected chi connectivity index (χ0v) is 9.44. The fourth-order valence-corrected chi connectivity index (χ4v) is 2.22. The highest BCUT2D eigenvalue weighted by Gasteiger charge is 2.13. The monoisotopic (exact) mass is 251 g/mol. The van der Waals surface area contributed by atoms with E-state index in [9.17, 15) is 13.2 Å². The quantitative estimate of drug-likeness (QED) is 0.834. The summed E-state index contributed by atoms with van der Waals surface area (Å²) in [6.45, 7) is 0. The van der Waals surface area contributed by atoms with Gasteiger partial charge in [-0.3, -0.25) is 14.5 Å². The second-order valence-electron chi connectivity index (χ2n) is 3.23. The molecule has 0 radical (unpaired) electrons. The highest BCUT2D eigenvalue weighted by molar-refractivity contribution is 7.92. The molecule has 2 aromatic rings. The molecule has 2 rings (SSSR count). The number of hydrogen-bond acceptors (Lipinski definition) is 4. The number of anilines is 1. The summed E-state index contributed by atoms with van der Waals surface area (Å²) < 4.78 is 26.1. The molecule has 0 aromatic carbocycles. The molecule has 17 heavy (non-hydrogen) atoms. The van der Waals surface area contributed by atoms with E-state index in [4.69, 9.17) is 0 Å². The number of H-pyrrole nitrogens is 1. The van der Waals surface area contributed by atoms with Crippen LogP contribution in [0.5, 0.6) is 0 Å². The van der Waals surface area contributed by atoms with E-state index in [0.29, 0.717) is 5.69 Å². The van der Waals surface area contributed by atoms with Crippen molar-refractivity contribution in [1.29, 1.82) is 0 Å². The van der Waals surface area contributed by atoms with Gasteiger partial charge in [0.1, 0.15) is 4.90 Å². The van der Waals surface area contributed by atoms with Crippen molar-refractivity contribution < 1.29 is 8.42 Å². The smallest absolute Gasteiger partial charge is 0.263 e. The van der Waals surface area contributed by atoms with Gasteiger partial charge in [-0.2, -0.15) is 0 Å². The van der Waals surface area contributed by atoms with Crippen molar-refractivity contribution in [2.45, 2.75) is 4.90 Å². The second kappa shape index (κ2) is 4.38. The highest BCUT2D eigenvalue weighted by atomic mass is 32.2. The molecule has 2 N–H and O–H groups in total. The molecule has 0 spiro atoms. The van der Waals surface area contributed by atoms with Gasteiger partial charge in [-0.25, -0.2) is 8.42 Å². The first-order valence-corrected chi connectivity index (χ1v) is 6.18. The summed E-state index contributed by atoms with van der Waals surface area (Å²) in [4.78, 5) is 16.9. The summed E-state index contributed by atoms with van der Waals surface area (Å²) in [5.74, 6) is 0. The first kappa shape index (κ1) is 11.3. The molecule has 88 valence electrons. The van der Waals surface area contributed by atoms with Crippen LogP contribution in [0.3, 0.4) is 0 Å². The van der Waals surface area contributed by atoms with E-state index in [1.54, 1.807) is 0 Å². The van der Waals surface area contributed by atoms with Crippen LogP contribution in [-0.4, -0.2) is 18.4 Å². The molecule has 2 heterocycles. The van der Waals surface area contributed by atoms with Crippen LogP contribution in [0.1, 0.15) is 0 Å². The third-order valence-electron chi connectivity index (χ3n) is 2.00. The van der Waals surface area contributed by atoms with E-state index < -0.39 is 10.0 Å². The van der Waals surface area contributed by atoms with Gasteiger partial charge in [-0.1, -0.05) is 0 Å². The molecule has 0 saturated carbocycles. The number of pyridine rings is 2. The van der Waals surface area contributed by atoms with E-state index in [0.717, 1.165) is 12.3 Å². The summed E-state index contributed by atoms with van der Waals surface area (Å²) in [5, 5.41) is 0. The number of nitrogens with zero attached hydrogens (tertiary/aromatic N) is 1. The van der Waals surface area contributed by atoms with Gasteiger partial charge in [0.05, 0.1) is 5.69 Å². The first-order valence-electron chi connectivity index (χ1n) is 4.69. The standard InChI is InChI=1S/C10H9N3O3S/c14-10-2-1-9(7-12-10)17(15,16)13-8-3-5-11-6-4-8/h1-7H,(H,11,13)(H,12,14). The van der Waals surface area contributed by atoms with Crippen molar-refractivity contribution in [3.05, 3.63) is 53.2 Å². The van der Waals surface area contributed by atoms with Crippen molar-refractivity contribution in [2.75, 3.05) is 4.72 Å². The van der Waals surface area contributed by atoms with E-state index in [1.165, 1.54) is 30.6 Å². The lowest BCUT2D eigenvalue weighted by Gasteiger charge is -2.06. The summed E-state index contributed by atoms with van der Waals surface area (Å²) >= 11 is 0. The molecule has 0 aliphatic carbocycles. The fourth-order valence-electron chi connectivity index (χ4n) is 1.20. The molecule has 0 unspecified atom stereocenters. The molecule has 0 aliphatic heterocycles. The van der Waals surface area contributed by atoms with Crippen molar-refractivity contribution in [3.8, 4) is 0 Å². The van der Waals surface area contributed by atoms with E-state index in [-0.39, 0.29) is 10.5 Å². The zero-order chi connectivity index (χ0) is 12.3. The molecule has 2 aromatic heterocycles. The summed E-state index contributed by atoms with van der Waals surface area (Å²) in [5.41, 5.74) is 0.0547. The van der Waals surface area contributed by atoms with E-state index in [2.05, 4.69) is 14.7 Å². The second-order valence-corrected chi connectivity index (χ2v) is 4.91. The van der Waals surface area contributed by atoms with Crippen LogP contribution in [-0.2, 0) is 10.0 Å². The molecular formula is C10H9N3O3S. The van der Waals surface area contributed by atoms with Crippen LogP contribution >= 0.6 is 0 Å². The van der Waals surface area contributed by atoms with Gasteiger partial charge < -0.3 is 4.98 Å². The number of nitrogens with one attached hydrogen (secondary N) is 2. The Balaban J connectivity index is 2.32. The predicted molar refractivity (Wildman–Crippen MR) is 62.1 cm³/mol. The summed E-state index contributed by atoms with van der Waals surface area (Å²) in [6.07, 6.45) is 4.10. The van der Waals surface area contributed by atoms with Crippen LogP contribution in [0, 0.1) is 0 Å². The van der Waals surface area contributed by atoms with Crippen molar-refractivity contribution in [2.24, 2.45) is 0 Å². The first-order chi connectivity index (χ1) is 8.08. The molecule has 6 nitrogen and oxygen atoms in total. The number of aromatic amines is 1. The lowest BCUT2D eigenvalue weighted by atomic mass is 10.4. The zero-order valence-electron chi connectivity index (χ0n) is 8.62. The Hall–Kier alpha value is -2.15. The maximum Gasteiger partial charge on any atom is 0.263 e. The van der Waals surface area contributed by atoms with Crippen molar-refractivity contribution in [3.63, 3.8) is 0 Å². The van der Waals surface area contributed by atoms with E-state index in [1.807, 2.05) is 0 Å². The number of hydrogen-bond donors (Lipinski definition) is 2. The predicted octanol–water partition coefficient (Wildman–Crippen LogP) is 0.571. The molecule has 0 amide bonds. The van der Waals surface area contributed by atoms with Gasteiger partial charge in [0, 0.05) is 24.7 Å². The van der Waals surface area contributed by atoms with E-state index >= 15 is 0 Å². The number of aromatic nitrogens is 2. The molecular weight excluding hydrogens is 242 g/mol. The Morgan fingerprint density at radius 1 is 1.12 bits per heavy atom. The lowest BCUT2D eigenvalue weighted by Crippen LogP contribution is -2.15. The fraction of sp³-hybridized carbons (Fsp3) is 0. The Morgan fingerprint density at radius 3 is 2.41 bits per heavy atom. The van der Waals surface area contributed by atoms with Gasteiger partial charge in [0.25, 0.3) is 10.0 Å². The average Bonchev–Trinajstić information content (AvgIpc) is 2.30. The molecule has 7 heteroatoms. The molecule has 0 atom stereocenters. The largest absolute Gasteiger partial charge is 0.328 e. The van der Waals surface area contributed by atoms with Gasteiger partial charge in [0.15, 0.2) is 0 Å². The van der Waals surface area contributed by atoms with Gasteiger partial charge in [-0.05, 0) is 18.2 Å². The van der Waals surface area contributed by atoms with Gasteiger partial charge in [-0.15, -0.1) is 0 Å². The minimum absolute atomic E-state index is 0.00564.